The molecule has 2 fully saturated rings. The Morgan fingerprint density at radius 1 is 1.03 bits per heavy atom. The first-order valence-corrected chi connectivity index (χ1v) is 11.5. The first-order chi connectivity index (χ1) is 15.4. The molecular weight excluding hydrogens is 402 g/mol. The fourth-order valence-electron chi connectivity index (χ4n) is 5.32. The first kappa shape index (κ1) is 20.9. The third-order valence-corrected chi connectivity index (χ3v) is 7.31. The SMILES string of the molecule is Cc1ccc(C(=O)C2CCN(CN3C(=O)NC4(CCc5ccccc5C4)C3=O)CC2)cc1. The number of benzene rings is 2. The molecule has 2 aromatic carbocycles. The molecular formula is C26H29N3O3. The molecule has 1 aliphatic carbocycles. The van der Waals surface area contributed by atoms with E-state index in [4.69, 9.17) is 0 Å². The van der Waals surface area contributed by atoms with Crippen LogP contribution in [-0.4, -0.2) is 52.8 Å². The summed E-state index contributed by atoms with van der Waals surface area (Å²) in [5, 5.41) is 3.01. The summed E-state index contributed by atoms with van der Waals surface area (Å²) in [5.74, 6) is 0.0765. The summed E-state index contributed by atoms with van der Waals surface area (Å²) in [6, 6.07) is 15.6. The molecule has 2 heterocycles. The van der Waals surface area contributed by atoms with E-state index < -0.39 is 5.54 Å². The molecule has 1 spiro atoms. The lowest BCUT2D eigenvalue weighted by Gasteiger charge is -2.34. The highest BCUT2D eigenvalue weighted by molar-refractivity contribution is 6.07. The van der Waals surface area contributed by atoms with E-state index in [1.54, 1.807) is 0 Å². The van der Waals surface area contributed by atoms with Crippen molar-refractivity contribution in [1.29, 1.82) is 0 Å². The van der Waals surface area contributed by atoms with E-state index >= 15 is 0 Å². The van der Waals surface area contributed by atoms with E-state index in [-0.39, 0.29) is 23.6 Å². The van der Waals surface area contributed by atoms with Gasteiger partial charge in [0.15, 0.2) is 5.78 Å². The monoisotopic (exact) mass is 431 g/mol. The Hall–Kier alpha value is -2.99. The molecule has 2 aliphatic heterocycles. The number of hydrogen-bond acceptors (Lipinski definition) is 4. The number of carbonyl (C=O) groups is 3. The molecule has 3 aliphatic rings. The molecule has 6 nitrogen and oxygen atoms in total. The standard InChI is InChI=1S/C26H29N3O3/c1-18-6-8-20(9-7-18)23(30)21-11-14-28(15-12-21)17-29-24(31)26(27-25(29)32)13-10-19-4-2-3-5-22(19)16-26/h2-9,21H,10-17H2,1H3,(H,27,32). The van der Waals surface area contributed by atoms with E-state index in [2.05, 4.69) is 16.3 Å². The molecule has 0 radical (unpaired) electrons. The van der Waals surface area contributed by atoms with Gasteiger partial charge in [-0.15, -0.1) is 0 Å². The number of nitrogens with zero attached hydrogens (tertiary/aromatic N) is 2. The van der Waals surface area contributed by atoms with Crippen molar-refractivity contribution in [1.82, 2.24) is 15.1 Å². The van der Waals surface area contributed by atoms with Crippen LogP contribution in [0.2, 0.25) is 0 Å². The smallest absolute Gasteiger partial charge is 0.323 e. The average Bonchev–Trinajstić information content (AvgIpc) is 3.03. The number of likely N-dealkylation sites (tertiary alicyclic amines) is 1. The molecule has 0 aromatic heterocycles. The van der Waals surface area contributed by atoms with Gasteiger partial charge in [-0.3, -0.25) is 14.5 Å². The van der Waals surface area contributed by atoms with Crippen LogP contribution in [0.25, 0.3) is 0 Å². The summed E-state index contributed by atoms with van der Waals surface area (Å²) in [6.07, 6.45) is 3.47. The van der Waals surface area contributed by atoms with Gasteiger partial charge in [0.1, 0.15) is 5.54 Å². The maximum atomic E-state index is 13.3. The average molecular weight is 432 g/mol. The van der Waals surface area contributed by atoms with Crippen molar-refractivity contribution in [3.05, 3.63) is 70.8 Å². The van der Waals surface area contributed by atoms with Crippen molar-refractivity contribution in [3.8, 4) is 0 Å². The molecule has 6 heteroatoms. The molecule has 3 amide bonds. The van der Waals surface area contributed by atoms with Crippen molar-refractivity contribution in [3.63, 3.8) is 0 Å². The zero-order chi connectivity index (χ0) is 22.3. The Morgan fingerprint density at radius 2 is 1.72 bits per heavy atom. The third-order valence-electron chi connectivity index (χ3n) is 7.31. The number of fused-ring (bicyclic) bond motifs is 1. The third kappa shape index (κ3) is 3.73. The van der Waals surface area contributed by atoms with Crippen LogP contribution in [0.3, 0.4) is 0 Å². The summed E-state index contributed by atoms with van der Waals surface area (Å²) in [5.41, 5.74) is 3.50. The van der Waals surface area contributed by atoms with E-state index in [1.165, 1.54) is 10.5 Å². The Bertz CT molecular complexity index is 1060. The van der Waals surface area contributed by atoms with E-state index in [1.807, 2.05) is 49.4 Å². The lowest BCUT2D eigenvalue weighted by Crippen LogP contribution is -2.52. The van der Waals surface area contributed by atoms with Crippen LogP contribution in [-0.2, 0) is 17.6 Å². The van der Waals surface area contributed by atoms with Crippen LogP contribution >= 0.6 is 0 Å². The molecule has 1 N–H and O–H groups in total. The zero-order valence-electron chi connectivity index (χ0n) is 18.5. The number of piperidine rings is 1. The van der Waals surface area contributed by atoms with Crippen LogP contribution < -0.4 is 5.32 Å². The molecule has 5 rings (SSSR count). The highest BCUT2D eigenvalue weighted by Gasteiger charge is 2.52. The Balaban J connectivity index is 1.20. The number of aryl methyl sites for hydroxylation is 2. The molecule has 166 valence electrons. The number of nitrogens with one attached hydrogen (secondary N) is 1. The maximum absolute atomic E-state index is 13.3. The van der Waals surface area contributed by atoms with Crippen LogP contribution in [0.1, 0.15) is 46.3 Å². The highest BCUT2D eigenvalue weighted by atomic mass is 16.2. The van der Waals surface area contributed by atoms with Gasteiger partial charge < -0.3 is 5.32 Å². The predicted molar refractivity (Wildman–Crippen MR) is 121 cm³/mol. The number of ketones is 1. The normalized spacial score (nSPS) is 24.0. The van der Waals surface area contributed by atoms with Gasteiger partial charge in [-0.1, -0.05) is 54.1 Å². The Labute approximate surface area is 188 Å². The van der Waals surface area contributed by atoms with Gasteiger partial charge in [0.25, 0.3) is 5.91 Å². The van der Waals surface area contributed by atoms with E-state index in [0.29, 0.717) is 32.6 Å². The number of carbonyl (C=O) groups excluding carboxylic acids is 3. The second-order valence-corrected chi connectivity index (χ2v) is 9.45. The van der Waals surface area contributed by atoms with Crippen molar-refractivity contribution in [2.45, 2.75) is 44.6 Å². The summed E-state index contributed by atoms with van der Waals surface area (Å²) >= 11 is 0. The molecule has 0 saturated carbocycles. The number of imide groups is 1. The zero-order valence-corrected chi connectivity index (χ0v) is 18.5. The van der Waals surface area contributed by atoms with Gasteiger partial charge in [0, 0.05) is 31.0 Å². The van der Waals surface area contributed by atoms with Gasteiger partial charge in [-0.2, -0.15) is 0 Å². The summed E-state index contributed by atoms with van der Waals surface area (Å²) in [6.45, 7) is 3.71. The van der Waals surface area contributed by atoms with Gasteiger partial charge in [-0.05, 0) is 43.7 Å². The van der Waals surface area contributed by atoms with Crippen LogP contribution in [0.15, 0.2) is 48.5 Å². The van der Waals surface area contributed by atoms with E-state index in [9.17, 15) is 14.4 Å². The predicted octanol–water partition coefficient (Wildman–Crippen LogP) is 3.33. The minimum atomic E-state index is -0.814. The quantitative estimate of drug-likeness (QED) is 0.596. The molecule has 1 unspecified atom stereocenters. The van der Waals surface area contributed by atoms with Crippen molar-refractivity contribution in [2.75, 3.05) is 19.8 Å². The fourth-order valence-corrected chi connectivity index (χ4v) is 5.32. The maximum Gasteiger partial charge on any atom is 0.326 e. The van der Waals surface area contributed by atoms with Crippen LogP contribution in [0.5, 0.6) is 0 Å². The van der Waals surface area contributed by atoms with Crippen LogP contribution in [0, 0.1) is 12.8 Å². The number of rotatable bonds is 4. The minimum Gasteiger partial charge on any atom is -0.323 e. The number of urea groups is 1. The Kier molecular flexibility index (Phi) is 5.33. The second kappa shape index (κ2) is 8.17. The van der Waals surface area contributed by atoms with Crippen molar-refractivity contribution >= 4 is 17.7 Å². The molecule has 2 aromatic rings. The minimum absolute atomic E-state index is 0.00162. The second-order valence-electron chi connectivity index (χ2n) is 9.45. The summed E-state index contributed by atoms with van der Waals surface area (Å²) in [4.78, 5) is 42.4. The highest BCUT2D eigenvalue weighted by Crippen LogP contribution is 2.34. The molecule has 2 saturated heterocycles. The molecule has 32 heavy (non-hydrogen) atoms. The van der Waals surface area contributed by atoms with Crippen molar-refractivity contribution in [2.24, 2.45) is 5.92 Å². The van der Waals surface area contributed by atoms with Gasteiger partial charge in [0.05, 0.1) is 6.67 Å². The summed E-state index contributed by atoms with van der Waals surface area (Å²) < 4.78 is 0. The van der Waals surface area contributed by atoms with Gasteiger partial charge in [0.2, 0.25) is 0 Å². The molecule has 1 atom stereocenters. The number of hydrogen-bond donors (Lipinski definition) is 1. The van der Waals surface area contributed by atoms with Gasteiger partial charge in [-0.25, -0.2) is 9.69 Å². The lowest BCUT2D eigenvalue weighted by molar-refractivity contribution is -0.133. The van der Waals surface area contributed by atoms with E-state index in [0.717, 1.165) is 36.0 Å². The van der Waals surface area contributed by atoms with Gasteiger partial charge >= 0.3 is 6.03 Å². The largest absolute Gasteiger partial charge is 0.326 e. The number of amides is 3. The Morgan fingerprint density at radius 3 is 2.44 bits per heavy atom. The van der Waals surface area contributed by atoms with Crippen molar-refractivity contribution < 1.29 is 14.4 Å². The van der Waals surface area contributed by atoms with Crippen LogP contribution in [0.4, 0.5) is 4.79 Å². The number of Topliss-reactive ketones (excluding diaryl/α,β-unsaturated/α-hetero) is 1. The lowest BCUT2D eigenvalue weighted by atomic mass is 9.78. The first-order valence-electron chi connectivity index (χ1n) is 11.5. The summed E-state index contributed by atoms with van der Waals surface area (Å²) in [7, 11) is 0. The topological polar surface area (TPSA) is 69.7 Å². The fraction of sp³-hybridized carbons (Fsp3) is 0.423. The molecule has 0 bridgehead atoms.